The van der Waals surface area contributed by atoms with Crippen LogP contribution in [0.5, 0.6) is 0 Å². The third-order valence-corrected chi connectivity index (χ3v) is 4.45. The third-order valence-electron chi connectivity index (χ3n) is 3.39. The van der Waals surface area contributed by atoms with Gasteiger partial charge in [-0.2, -0.15) is 0 Å². The Morgan fingerprint density at radius 1 is 1.10 bits per heavy atom. The molecule has 0 unspecified atom stereocenters. The van der Waals surface area contributed by atoms with Crippen molar-refractivity contribution < 1.29 is 0 Å². The molecular weight excluding hydrogens is 394 g/mol. The molecule has 1 aromatic heterocycles. The average molecular weight is 407 g/mol. The number of aromatic nitrogens is 2. The first-order valence-electron chi connectivity index (χ1n) is 6.60. The first-order chi connectivity index (χ1) is 10.1. The van der Waals surface area contributed by atoms with Gasteiger partial charge in [-0.15, -0.1) is 0 Å². The van der Waals surface area contributed by atoms with Gasteiger partial charge in [-0.05, 0) is 40.0 Å². The Balaban J connectivity index is 2.30. The van der Waals surface area contributed by atoms with E-state index in [-0.39, 0.29) is 0 Å². The maximum atomic E-state index is 6.13. The van der Waals surface area contributed by atoms with Crippen LogP contribution in [0.3, 0.4) is 0 Å². The first kappa shape index (κ1) is 14.5. The van der Waals surface area contributed by atoms with Crippen molar-refractivity contribution in [3.05, 3.63) is 50.9 Å². The van der Waals surface area contributed by atoms with E-state index in [1.807, 2.05) is 30.3 Å². The summed E-state index contributed by atoms with van der Waals surface area (Å²) >= 11 is 7.01. The summed E-state index contributed by atoms with van der Waals surface area (Å²) in [6.45, 7) is 2.12. The maximum absolute atomic E-state index is 6.13. The van der Waals surface area contributed by atoms with E-state index in [0.29, 0.717) is 11.6 Å². The third kappa shape index (κ3) is 2.68. The largest absolute Gasteiger partial charge is 0.383 e. The average Bonchev–Trinajstić information content (AvgIpc) is 2.48. The summed E-state index contributed by atoms with van der Waals surface area (Å²) in [4.78, 5) is 9.18. The van der Waals surface area contributed by atoms with Gasteiger partial charge in [-0.3, -0.25) is 0 Å². The standard InChI is InChI=1S/C16H13Br2N3/c1-2-9-5-3-4-6-11(9)16-20-14-12(15(19)21-16)7-10(17)8-13(14)18/h3-8H,2H2,1H3,(H2,19,20,21). The number of fused-ring (bicyclic) bond motifs is 1. The molecule has 2 N–H and O–H groups in total. The minimum Gasteiger partial charge on any atom is -0.383 e. The Hall–Kier alpha value is -1.46. The fraction of sp³-hybridized carbons (Fsp3) is 0.125. The van der Waals surface area contributed by atoms with Crippen LogP contribution in [0, 0.1) is 0 Å². The molecule has 1 heterocycles. The molecule has 0 spiro atoms. The molecule has 0 radical (unpaired) electrons. The number of aryl methyl sites for hydroxylation is 1. The van der Waals surface area contributed by atoms with Crippen molar-refractivity contribution >= 4 is 48.6 Å². The zero-order chi connectivity index (χ0) is 15.0. The molecule has 2 aromatic carbocycles. The molecule has 5 heteroatoms. The first-order valence-corrected chi connectivity index (χ1v) is 8.19. The number of nitrogens with two attached hydrogens (primary N) is 1. The zero-order valence-corrected chi connectivity index (χ0v) is 14.6. The molecule has 0 bridgehead atoms. The van der Waals surface area contributed by atoms with Crippen molar-refractivity contribution in [2.24, 2.45) is 0 Å². The molecule has 0 aliphatic heterocycles. The Morgan fingerprint density at radius 2 is 1.86 bits per heavy atom. The van der Waals surface area contributed by atoms with Crippen LogP contribution in [-0.4, -0.2) is 9.97 Å². The van der Waals surface area contributed by atoms with E-state index in [1.165, 1.54) is 5.56 Å². The van der Waals surface area contributed by atoms with E-state index >= 15 is 0 Å². The Bertz CT molecular complexity index is 831. The van der Waals surface area contributed by atoms with Crippen LogP contribution in [0.2, 0.25) is 0 Å². The number of hydrogen-bond acceptors (Lipinski definition) is 3. The van der Waals surface area contributed by atoms with E-state index in [9.17, 15) is 0 Å². The number of nitrogen functional groups attached to an aromatic ring is 1. The number of halogens is 2. The minimum absolute atomic E-state index is 0.489. The van der Waals surface area contributed by atoms with Crippen LogP contribution >= 0.6 is 31.9 Å². The zero-order valence-electron chi connectivity index (χ0n) is 11.4. The van der Waals surface area contributed by atoms with Gasteiger partial charge in [0.1, 0.15) is 5.82 Å². The van der Waals surface area contributed by atoms with E-state index in [4.69, 9.17) is 10.7 Å². The lowest BCUT2D eigenvalue weighted by atomic mass is 10.0. The highest BCUT2D eigenvalue weighted by molar-refractivity contribution is 9.11. The lowest BCUT2D eigenvalue weighted by Gasteiger charge is -2.10. The van der Waals surface area contributed by atoms with Gasteiger partial charge in [0.2, 0.25) is 0 Å². The quantitative estimate of drug-likeness (QED) is 0.653. The molecule has 3 rings (SSSR count). The topological polar surface area (TPSA) is 51.8 Å². The van der Waals surface area contributed by atoms with Gasteiger partial charge >= 0.3 is 0 Å². The number of anilines is 1. The predicted molar refractivity (Wildman–Crippen MR) is 94.2 cm³/mol. The molecule has 0 aliphatic carbocycles. The molecule has 3 nitrogen and oxygen atoms in total. The van der Waals surface area contributed by atoms with Crippen LogP contribution in [0.1, 0.15) is 12.5 Å². The van der Waals surface area contributed by atoms with Gasteiger partial charge in [-0.1, -0.05) is 47.1 Å². The van der Waals surface area contributed by atoms with Gasteiger partial charge in [0.25, 0.3) is 0 Å². The highest BCUT2D eigenvalue weighted by Gasteiger charge is 2.12. The molecule has 0 saturated carbocycles. The molecule has 3 aromatic rings. The molecule has 0 amide bonds. The summed E-state index contributed by atoms with van der Waals surface area (Å²) in [5.41, 5.74) is 9.20. The summed E-state index contributed by atoms with van der Waals surface area (Å²) in [6.07, 6.45) is 0.930. The minimum atomic E-state index is 0.489. The molecule has 0 atom stereocenters. The summed E-state index contributed by atoms with van der Waals surface area (Å²) in [7, 11) is 0. The second-order valence-electron chi connectivity index (χ2n) is 4.73. The molecule has 0 fully saturated rings. The van der Waals surface area contributed by atoms with Crippen molar-refractivity contribution in [2.45, 2.75) is 13.3 Å². The van der Waals surface area contributed by atoms with Crippen molar-refractivity contribution in [1.82, 2.24) is 9.97 Å². The van der Waals surface area contributed by atoms with Gasteiger partial charge in [0, 0.05) is 19.9 Å². The van der Waals surface area contributed by atoms with E-state index in [1.54, 1.807) is 0 Å². The Morgan fingerprint density at radius 3 is 2.62 bits per heavy atom. The summed E-state index contributed by atoms with van der Waals surface area (Å²) in [6, 6.07) is 12.0. The fourth-order valence-electron chi connectivity index (χ4n) is 2.35. The molecular formula is C16H13Br2N3. The van der Waals surface area contributed by atoms with Crippen molar-refractivity contribution in [3.8, 4) is 11.4 Å². The number of hydrogen-bond donors (Lipinski definition) is 1. The SMILES string of the molecule is CCc1ccccc1-c1nc(N)c2cc(Br)cc(Br)c2n1. The monoisotopic (exact) mass is 405 g/mol. The van der Waals surface area contributed by atoms with Crippen LogP contribution in [-0.2, 0) is 6.42 Å². The van der Waals surface area contributed by atoms with Gasteiger partial charge in [-0.25, -0.2) is 9.97 Å². The van der Waals surface area contributed by atoms with Crippen LogP contribution < -0.4 is 5.73 Å². The van der Waals surface area contributed by atoms with E-state index in [0.717, 1.165) is 31.8 Å². The van der Waals surface area contributed by atoms with Crippen molar-refractivity contribution in [1.29, 1.82) is 0 Å². The summed E-state index contributed by atoms with van der Waals surface area (Å²) in [5, 5.41) is 0.842. The molecule has 21 heavy (non-hydrogen) atoms. The highest BCUT2D eigenvalue weighted by Crippen LogP contribution is 2.32. The number of benzene rings is 2. The number of rotatable bonds is 2. The maximum Gasteiger partial charge on any atom is 0.162 e. The van der Waals surface area contributed by atoms with Crippen LogP contribution in [0.15, 0.2) is 45.3 Å². The highest BCUT2D eigenvalue weighted by atomic mass is 79.9. The molecule has 0 saturated heterocycles. The lowest BCUT2D eigenvalue weighted by molar-refractivity contribution is 1.12. The van der Waals surface area contributed by atoms with E-state index in [2.05, 4.69) is 49.8 Å². The van der Waals surface area contributed by atoms with Gasteiger partial charge < -0.3 is 5.73 Å². The lowest BCUT2D eigenvalue weighted by Crippen LogP contribution is -2.00. The van der Waals surface area contributed by atoms with Crippen LogP contribution in [0.4, 0.5) is 5.82 Å². The molecule has 106 valence electrons. The second kappa shape index (κ2) is 5.73. The summed E-state index contributed by atoms with van der Waals surface area (Å²) in [5.74, 6) is 1.16. The molecule has 0 aliphatic rings. The van der Waals surface area contributed by atoms with Gasteiger partial charge in [0.15, 0.2) is 5.82 Å². The Labute approximate surface area is 139 Å². The Kier molecular flexibility index (Phi) is 3.95. The van der Waals surface area contributed by atoms with Crippen LogP contribution in [0.25, 0.3) is 22.3 Å². The van der Waals surface area contributed by atoms with Crippen molar-refractivity contribution in [3.63, 3.8) is 0 Å². The number of nitrogens with zero attached hydrogens (tertiary/aromatic N) is 2. The predicted octanol–water partition coefficient (Wildman–Crippen LogP) is 4.97. The normalized spacial score (nSPS) is 11.0. The van der Waals surface area contributed by atoms with Crippen molar-refractivity contribution in [2.75, 3.05) is 5.73 Å². The second-order valence-corrected chi connectivity index (χ2v) is 6.50. The summed E-state index contributed by atoms with van der Waals surface area (Å²) < 4.78 is 1.84. The van der Waals surface area contributed by atoms with E-state index < -0.39 is 0 Å². The van der Waals surface area contributed by atoms with Gasteiger partial charge in [0.05, 0.1) is 5.52 Å². The smallest absolute Gasteiger partial charge is 0.162 e. The fourth-order valence-corrected chi connectivity index (χ4v) is 3.66.